The number of aromatic hydroxyl groups is 4. The van der Waals surface area contributed by atoms with Crippen LogP contribution in [0, 0.1) is 0 Å². The number of hydrogen-bond donors (Lipinski definition) is 7. The van der Waals surface area contributed by atoms with E-state index in [0.29, 0.717) is 0 Å². The molecule has 164 valence electrons. The van der Waals surface area contributed by atoms with Gasteiger partial charge in [0.1, 0.15) is 40.8 Å². The van der Waals surface area contributed by atoms with Crippen LogP contribution in [-0.4, -0.2) is 67.0 Å². The quantitative estimate of drug-likeness (QED) is 0.277. The van der Waals surface area contributed by atoms with E-state index in [0.717, 1.165) is 24.3 Å². The van der Waals surface area contributed by atoms with Gasteiger partial charge in [-0.2, -0.15) is 0 Å². The molecule has 1 aliphatic rings. The summed E-state index contributed by atoms with van der Waals surface area (Å²) in [5, 5.41) is 68.6. The summed E-state index contributed by atoms with van der Waals surface area (Å²) in [6, 6.07) is 5.50. The average molecular weight is 434 g/mol. The minimum Gasteiger partial charge on any atom is -0.508 e. The van der Waals surface area contributed by atoms with Crippen LogP contribution in [0.15, 0.2) is 39.5 Å². The van der Waals surface area contributed by atoms with Crippen LogP contribution in [0.5, 0.6) is 28.7 Å². The fourth-order valence-electron chi connectivity index (χ4n) is 3.23. The average Bonchev–Trinajstić information content (AvgIpc) is 2.71. The first-order valence-electron chi connectivity index (χ1n) is 9.05. The van der Waals surface area contributed by atoms with Gasteiger partial charge < -0.3 is 49.6 Å². The molecule has 4 rings (SSSR count). The molecule has 2 aromatic carbocycles. The van der Waals surface area contributed by atoms with E-state index in [1.807, 2.05) is 0 Å². The molecule has 7 N–H and O–H groups in total. The Balaban J connectivity index is 1.92. The van der Waals surface area contributed by atoms with Gasteiger partial charge >= 0.3 is 0 Å². The Hall–Kier alpha value is -3.51. The van der Waals surface area contributed by atoms with E-state index in [4.69, 9.17) is 13.9 Å². The van der Waals surface area contributed by atoms with E-state index in [9.17, 15) is 40.5 Å². The van der Waals surface area contributed by atoms with Crippen LogP contribution in [0.1, 0.15) is 0 Å². The SMILES string of the molecule is O=c1c(OC2OC[C@@H](O)[C@H](O)[C@H]2O)c(-c2ccc(O)c(O)c2)oc2cc(O)cc(O)c12. The standard InChI is InChI=1S/C20H18O11/c21-8-4-11(24)14-13(5-8)30-18(7-1-2-9(22)10(23)3-7)19(16(14)27)31-20-17(28)15(26)12(25)6-29-20/h1-5,12,15,17,20-26,28H,6H2/t12-,15+,17-,20?/m1/s1. The van der Waals surface area contributed by atoms with Gasteiger partial charge in [-0.25, -0.2) is 0 Å². The number of fused-ring (bicyclic) bond motifs is 1. The Morgan fingerprint density at radius 2 is 1.65 bits per heavy atom. The molecule has 0 bridgehead atoms. The smallest absolute Gasteiger partial charge is 0.239 e. The Morgan fingerprint density at radius 3 is 2.35 bits per heavy atom. The second kappa shape index (κ2) is 7.63. The molecule has 0 saturated carbocycles. The van der Waals surface area contributed by atoms with Crippen LogP contribution in [0.25, 0.3) is 22.3 Å². The predicted molar refractivity (Wildman–Crippen MR) is 103 cm³/mol. The summed E-state index contributed by atoms with van der Waals surface area (Å²) >= 11 is 0. The molecule has 1 unspecified atom stereocenters. The van der Waals surface area contributed by atoms with E-state index in [2.05, 4.69) is 0 Å². The lowest BCUT2D eigenvalue weighted by Crippen LogP contribution is -2.55. The van der Waals surface area contributed by atoms with E-state index in [1.54, 1.807) is 0 Å². The molecule has 3 aromatic rings. The Kier molecular flexibility index (Phi) is 5.11. The Bertz CT molecular complexity index is 1200. The number of phenolic OH excluding ortho intramolecular Hbond substituents is 4. The highest BCUT2D eigenvalue weighted by Gasteiger charge is 2.40. The zero-order chi connectivity index (χ0) is 22.4. The number of hydrogen-bond acceptors (Lipinski definition) is 11. The van der Waals surface area contributed by atoms with Gasteiger partial charge in [0, 0.05) is 17.7 Å². The van der Waals surface area contributed by atoms with Crippen molar-refractivity contribution in [2.75, 3.05) is 6.61 Å². The molecule has 31 heavy (non-hydrogen) atoms. The van der Waals surface area contributed by atoms with Crippen LogP contribution in [0.4, 0.5) is 0 Å². The maximum absolute atomic E-state index is 13.1. The van der Waals surface area contributed by atoms with Crippen molar-refractivity contribution >= 4 is 11.0 Å². The predicted octanol–water partition coefficient (Wildman–Crippen LogP) is 0.100. The first-order valence-corrected chi connectivity index (χ1v) is 9.05. The molecule has 1 fully saturated rings. The number of aliphatic hydroxyl groups excluding tert-OH is 3. The molecule has 2 heterocycles. The minimum atomic E-state index is -1.73. The van der Waals surface area contributed by atoms with Crippen molar-refractivity contribution in [2.24, 2.45) is 0 Å². The van der Waals surface area contributed by atoms with Crippen molar-refractivity contribution in [1.82, 2.24) is 0 Å². The number of ether oxygens (including phenoxy) is 2. The molecular weight excluding hydrogens is 416 g/mol. The van der Waals surface area contributed by atoms with Crippen LogP contribution in [-0.2, 0) is 4.74 Å². The van der Waals surface area contributed by atoms with Gasteiger partial charge in [0.2, 0.25) is 17.5 Å². The summed E-state index contributed by atoms with van der Waals surface area (Å²) < 4.78 is 16.3. The van der Waals surface area contributed by atoms with E-state index in [-0.39, 0.29) is 28.0 Å². The molecule has 0 radical (unpaired) electrons. The maximum atomic E-state index is 13.1. The van der Waals surface area contributed by atoms with Crippen LogP contribution in [0.3, 0.4) is 0 Å². The topological polar surface area (TPSA) is 190 Å². The molecule has 1 aliphatic heterocycles. The van der Waals surface area contributed by atoms with Gasteiger partial charge in [0.25, 0.3) is 0 Å². The normalized spacial score (nSPS) is 23.7. The molecule has 0 aliphatic carbocycles. The molecule has 11 nitrogen and oxygen atoms in total. The van der Waals surface area contributed by atoms with Gasteiger partial charge in [0.05, 0.1) is 6.61 Å². The fourth-order valence-corrected chi connectivity index (χ4v) is 3.23. The summed E-state index contributed by atoms with van der Waals surface area (Å²) in [6.45, 7) is -0.393. The molecule has 4 atom stereocenters. The fraction of sp³-hybridized carbons (Fsp3) is 0.250. The summed E-state index contributed by atoms with van der Waals surface area (Å²) in [7, 11) is 0. The van der Waals surface area contributed by atoms with Gasteiger partial charge in [-0.05, 0) is 18.2 Å². The zero-order valence-electron chi connectivity index (χ0n) is 15.7. The Labute approximate surface area is 173 Å². The van der Waals surface area contributed by atoms with Gasteiger partial charge in [-0.1, -0.05) is 0 Å². The molecule has 0 amide bonds. The lowest BCUT2D eigenvalue weighted by Gasteiger charge is -2.34. The number of phenols is 4. The molecular formula is C20H18O11. The highest BCUT2D eigenvalue weighted by Crippen LogP contribution is 2.39. The van der Waals surface area contributed by atoms with Gasteiger partial charge in [-0.3, -0.25) is 4.79 Å². The van der Waals surface area contributed by atoms with Crippen molar-refractivity contribution in [3.63, 3.8) is 0 Å². The molecule has 0 spiro atoms. The van der Waals surface area contributed by atoms with Crippen LogP contribution < -0.4 is 10.2 Å². The Morgan fingerprint density at radius 1 is 0.903 bits per heavy atom. The number of aliphatic hydroxyl groups is 3. The van der Waals surface area contributed by atoms with Crippen molar-refractivity contribution in [3.05, 3.63) is 40.6 Å². The monoisotopic (exact) mass is 434 g/mol. The maximum Gasteiger partial charge on any atom is 0.239 e. The number of rotatable bonds is 3. The number of benzene rings is 2. The van der Waals surface area contributed by atoms with Crippen molar-refractivity contribution in [3.8, 4) is 40.1 Å². The highest BCUT2D eigenvalue weighted by atomic mass is 16.7. The van der Waals surface area contributed by atoms with Crippen LogP contribution >= 0.6 is 0 Å². The third kappa shape index (κ3) is 3.59. The summed E-state index contributed by atoms with van der Waals surface area (Å²) in [5.74, 6) is -2.79. The van der Waals surface area contributed by atoms with Gasteiger partial charge in [0.15, 0.2) is 17.3 Å². The zero-order valence-corrected chi connectivity index (χ0v) is 15.7. The molecule has 1 saturated heterocycles. The lowest BCUT2D eigenvalue weighted by atomic mass is 10.1. The minimum absolute atomic E-state index is 0.0676. The largest absolute Gasteiger partial charge is 0.508 e. The van der Waals surface area contributed by atoms with Crippen molar-refractivity contribution in [1.29, 1.82) is 0 Å². The van der Waals surface area contributed by atoms with E-state index >= 15 is 0 Å². The lowest BCUT2D eigenvalue weighted by molar-refractivity contribution is -0.242. The van der Waals surface area contributed by atoms with Crippen LogP contribution in [0.2, 0.25) is 0 Å². The second-order valence-corrected chi connectivity index (χ2v) is 7.00. The molecule has 11 heteroatoms. The summed E-state index contributed by atoms with van der Waals surface area (Å²) in [5.41, 5.74) is -1.05. The second-order valence-electron chi connectivity index (χ2n) is 7.00. The van der Waals surface area contributed by atoms with E-state index < -0.39 is 59.6 Å². The highest BCUT2D eigenvalue weighted by molar-refractivity contribution is 5.88. The third-order valence-corrected chi connectivity index (χ3v) is 4.84. The molecule has 1 aromatic heterocycles. The van der Waals surface area contributed by atoms with Gasteiger partial charge in [-0.15, -0.1) is 0 Å². The third-order valence-electron chi connectivity index (χ3n) is 4.84. The summed E-state index contributed by atoms with van der Waals surface area (Å²) in [6.07, 6.45) is -6.29. The first-order chi connectivity index (χ1) is 14.7. The van der Waals surface area contributed by atoms with E-state index in [1.165, 1.54) is 6.07 Å². The summed E-state index contributed by atoms with van der Waals surface area (Å²) in [4.78, 5) is 13.1. The van der Waals surface area contributed by atoms with Crippen molar-refractivity contribution < 1.29 is 49.6 Å². The van der Waals surface area contributed by atoms with Crippen molar-refractivity contribution in [2.45, 2.75) is 24.6 Å². The first kappa shape index (κ1) is 20.8.